The molecule has 0 spiro atoms. The van der Waals surface area contributed by atoms with Gasteiger partial charge in [0, 0.05) is 19.6 Å². The molecule has 0 rings (SSSR count). The van der Waals surface area contributed by atoms with Crippen molar-refractivity contribution >= 4 is 5.91 Å². The first-order valence-corrected chi connectivity index (χ1v) is 6.57. The third-order valence-corrected chi connectivity index (χ3v) is 2.63. The van der Waals surface area contributed by atoms with Gasteiger partial charge in [0.15, 0.2) is 0 Å². The summed E-state index contributed by atoms with van der Waals surface area (Å²) in [5.41, 5.74) is 5.91. The molecule has 0 aliphatic carbocycles. The molecule has 102 valence electrons. The third-order valence-electron chi connectivity index (χ3n) is 2.63. The Labute approximate surface area is 106 Å². The highest BCUT2D eigenvalue weighted by atomic mass is 16.2. The molecule has 1 amide bonds. The second-order valence-corrected chi connectivity index (χ2v) is 5.38. The van der Waals surface area contributed by atoms with Crippen LogP contribution in [0.4, 0.5) is 0 Å². The van der Waals surface area contributed by atoms with Crippen LogP contribution in [0.1, 0.15) is 33.6 Å². The number of nitrogens with two attached hydrogens (primary N) is 1. The molecule has 17 heavy (non-hydrogen) atoms. The minimum atomic E-state index is -0.332. The molecule has 1 unspecified atom stereocenters. The van der Waals surface area contributed by atoms with Crippen LogP contribution in [-0.2, 0) is 4.79 Å². The van der Waals surface area contributed by atoms with Crippen LogP contribution in [0, 0.1) is 5.92 Å². The summed E-state index contributed by atoms with van der Waals surface area (Å²) < 4.78 is 0. The highest BCUT2D eigenvalue weighted by Crippen LogP contribution is 2.04. The fourth-order valence-electron chi connectivity index (χ4n) is 1.72. The Bertz CT molecular complexity index is 217. The molecule has 4 nitrogen and oxygen atoms in total. The van der Waals surface area contributed by atoms with Crippen LogP contribution >= 0.6 is 0 Å². The maximum Gasteiger partial charge on any atom is 0.239 e. The summed E-state index contributed by atoms with van der Waals surface area (Å²) >= 11 is 0. The molecule has 0 bridgehead atoms. The van der Waals surface area contributed by atoms with E-state index < -0.39 is 0 Å². The molecule has 2 N–H and O–H groups in total. The highest BCUT2D eigenvalue weighted by Gasteiger charge is 2.20. The van der Waals surface area contributed by atoms with Gasteiger partial charge in [-0.25, -0.2) is 0 Å². The first-order chi connectivity index (χ1) is 7.88. The van der Waals surface area contributed by atoms with Crippen LogP contribution in [0.15, 0.2) is 0 Å². The van der Waals surface area contributed by atoms with E-state index in [2.05, 4.69) is 25.7 Å². The van der Waals surface area contributed by atoms with Gasteiger partial charge in [-0.05, 0) is 26.4 Å². The van der Waals surface area contributed by atoms with Crippen molar-refractivity contribution in [2.45, 2.75) is 39.7 Å². The van der Waals surface area contributed by atoms with E-state index in [0.29, 0.717) is 5.92 Å². The van der Waals surface area contributed by atoms with E-state index in [1.165, 1.54) is 0 Å². The molecule has 0 heterocycles. The van der Waals surface area contributed by atoms with Gasteiger partial charge in [-0.15, -0.1) is 0 Å². The molecule has 0 aromatic rings. The third kappa shape index (κ3) is 7.34. The number of likely N-dealkylation sites (N-methyl/N-ethyl adjacent to an activating group) is 1. The van der Waals surface area contributed by atoms with E-state index >= 15 is 0 Å². The van der Waals surface area contributed by atoms with Gasteiger partial charge in [0.1, 0.15) is 0 Å². The second-order valence-electron chi connectivity index (χ2n) is 5.38. The molecule has 0 aliphatic heterocycles. The van der Waals surface area contributed by atoms with E-state index in [4.69, 9.17) is 5.73 Å². The first kappa shape index (κ1) is 16.4. The summed E-state index contributed by atoms with van der Waals surface area (Å²) in [7, 11) is 4.04. The number of carbonyl (C=O) groups is 1. The fourth-order valence-corrected chi connectivity index (χ4v) is 1.72. The van der Waals surface area contributed by atoms with Crippen molar-refractivity contribution in [2.75, 3.05) is 33.7 Å². The summed E-state index contributed by atoms with van der Waals surface area (Å²) in [6.07, 6.45) is 1.73. The second kappa shape index (κ2) is 8.48. The summed E-state index contributed by atoms with van der Waals surface area (Å²) in [5.74, 6) is 0.581. The maximum absolute atomic E-state index is 12.2. The van der Waals surface area contributed by atoms with Crippen molar-refractivity contribution in [1.29, 1.82) is 0 Å². The number of hydrogen-bond donors (Lipinski definition) is 1. The lowest BCUT2D eigenvalue weighted by Crippen LogP contribution is -2.47. The number of carbonyl (C=O) groups excluding carboxylic acids is 1. The molecule has 1 atom stereocenters. The van der Waals surface area contributed by atoms with Crippen molar-refractivity contribution in [3.63, 3.8) is 0 Å². The number of amides is 1. The smallest absolute Gasteiger partial charge is 0.239 e. The lowest BCUT2D eigenvalue weighted by atomic mass is 10.1. The van der Waals surface area contributed by atoms with Gasteiger partial charge in [-0.2, -0.15) is 0 Å². The Morgan fingerprint density at radius 1 is 1.24 bits per heavy atom. The number of rotatable bonds is 8. The van der Waals surface area contributed by atoms with Crippen molar-refractivity contribution in [2.24, 2.45) is 11.7 Å². The zero-order valence-corrected chi connectivity index (χ0v) is 12.1. The molecular formula is C13H29N3O. The van der Waals surface area contributed by atoms with Gasteiger partial charge in [0.05, 0.1) is 6.04 Å². The van der Waals surface area contributed by atoms with Crippen LogP contribution in [0.5, 0.6) is 0 Å². The summed E-state index contributed by atoms with van der Waals surface area (Å²) in [4.78, 5) is 16.2. The van der Waals surface area contributed by atoms with E-state index in [0.717, 1.165) is 32.5 Å². The molecule has 4 heteroatoms. The normalized spacial score (nSPS) is 13.2. The summed E-state index contributed by atoms with van der Waals surface area (Å²) in [6, 6.07) is -0.332. The lowest BCUT2D eigenvalue weighted by Gasteiger charge is -2.28. The van der Waals surface area contributed by atoms with E-state index in [9.17, 15) is 4.79 Å². The average molecular weight is 243 g/mol. The SMILES string of the molecule is CCCC(N)C(=O)N(CCN(C)C)CC(C)C. The lowest BCUT2D eigenvalue weighted by molar-refractivity contribution is -0.133. The Balaban J connectivity index is 4.38. The number of nitrogens with zero attached hydrogens (tertiary/aromatic N) is 2. The molecular weight excluding hydrogens is 214 g/mol. The minimum absolute atomic E-state index is 0.0994. The highest BCUT2D eigenvalue weighted by molar-refractivity contribution is 5.81. The zero-order valence-electron chi connectivity index (χ0n) is 12.1. The van der Waals surface area contributed by atoms with Crippen LogP contribution in [-0.4, -0.2) is 55.5 Å². The van der Waals surface area contributed by atoms with Crippen LogP contribution < -0.4 is 5.73 Å². The molecule has 0 aliphatic rings. The van der Waals surface area contributed by atoms with Crippen molar-refractivity contribution in [3.8, 4) is 0 Å². The van der Waals surface area contributed by atoms with Gasteiger partial charge >= 0.3 is 0 Å². The van der Waals surface area contributed by atoms with Gasteiger partial charge in [-0.3, -0.25) is 4.79 Å². The molecule has 0 aromatic carbocycles. The predicted molar refractivity (Wildman–Crippen MR) is 72.9 cm³/mol. The van der Waals surface area contributed by atoms with Gasteiger partial charge < -0.3 is 15.5 Å². The van der Waals surface area contributed by atoms with E-state index in [-0.39, 0.29) is 11.9 Å². The molecule has 0 saturated carbocycles. The quantitative estimate of drug-likeness (QED) is 0.696. The van der Waals surface area contributed by atoms with Crippen molar-refractivity contribution in [3.05, 3.63) is 0 Å². The molecule has 0 fully saturated rings. The number of hydrogen-bond acceptors (Lipinski definition) is 3. The first-order valence-electron chi connectivity index (χ1n) is 6.57. The molecule has 0 aromatic heterocycles. The van der Waals surface area contributed by atoms with Gasteiger partial charge in [-0.1, -0.05) is 27.2 Å². The fraction of sp³-hybridized carbons (Fsp3) is 0.923. The van der Waals surface area contributed by atoms with E-state index in [1.54, 1.807) is 0 Å². The van der Waals surface area contributed by atoms with Crippen molar-refractivity contribution in [1.82, 2.24) is 9.80 Å². The average Bonchev–Trinajstić information content (AvgIpc) is 2.22. The van der Waals surface area contributed by atoms with Crippen LogP contribution in [0.2, 0.25) is 0 Å². The maximum atomic E-state index is 12.2. The zero-order chi connectivity index (χ0) is 13.4. The monoisotopic (exact) mass is 243 g/mol. The largest absolute Gasteiger partial charge is 0.340 e. The predicted octanol–water partition coefficient (Wildman–Crippen LogP) is 1.16. The summed E-state index contributed by atoms with van der Waals surface area (Å²) in [6.45, 7) is 8.76. The van der Waals surface area contributed by atoms with Crippen LogP contribution in [0.3, 0.4) is 0 Å². The topological polar surface area (TPSA) is 49.6 Å². The van der Waals surface area contributed by atoms with Gasteiger partial charge in [0.25, 0.3) is 0 Å². The van der Waals surface area contributed by atoms with Crippen LogP contribution in [0.25, 0.3) is 0 Å². The minimum Gasteiger partial charge on any atom is -0.340 e. The molecule has 0 saturated heterocycles. The van der Waals surface area contributed by atoms with E-state index in [1.807, 2.05) is 19.0 Å². The Kier molecular flexibility index (Phi) is 8.17. The Hall–Kier alpha value is -0.610. The Morgan fingerprint density at radius 2 is 1.82 bits per heavy atom. The Morgan fingerprint density at radius 3 is 2.24 bits per heavy atom. The van der Waals surface area contributed by atoms with Gasteiger partial charge in [0.2, 0.25) is 5.91 Å². The standard InChI is InChI=1S/C13H29N3O/c1-6-7-12(14)13(17)16(10-11(2)3)9-8-15(4)5/h11-12H,6-10,14H2,1-5H3. The molecule has 0 radical (unpaired) electrons. The summed E-state index contributed by atoms with van der Waals surface area (Å²) in [5, 5.41) is 0. The van der Waals surface area contributed by atoms with Crippen molar-refractivity contribution < 1.29 is 4.79 Å².